The van der Waals surface area contributed by atoms with Crippen molar-refractivity contribution in [3.63, 3.8) is 0 Å². The first-order valence-corrected chi connectivity index (χ1v) is 7.19. The van der Waals surface area contributed by atoms with E-state index in [-0.39, 0.29) is 5.69 Å². The van der Waals surface area contributed by atoms with Gasteiger partial charge in [-0.3, -0.25) is 4.79 Å². The molecular formula is C11H9ClN2OS2. The fourth-order valence-electron chi connectivity index (χ4n) is 1.26. The second-order valence-electron chi connectivity index (χ2n) is 3.13. The van der Waals surface area contributed by atoms with Crippen molar-refractivity contribution in [2.24, 2.45) is 0 Å². The van der Waals surface area contributed by atoms with E-state index in [1.807, 2.05) is 36.6 Å². The topological polar surface area (TPSA) is 42.0 Å². The van der Waals surface area contributed by atoms with E-state index in [1.165, 1.54) is 23.1 Å². The van der Waals surface area contributed by atoms with Crippen molar-refractivity contribution in [3.8, 4) is 0 Å². The van der Waals surface area contributed by atoms with Crippen LogP contribution < -0.4 is 5.32 Å². The molecule has 2 aromatic rings. The van der Waals surface area contributed by atoms with Gasteiger partial charge in [0, 0.05) is 5.69 Å². The standard InChI is InChI=1S/C11H9ClN2OS2/c1-16-11-14-8(9(12)15)10(17-11)13-7-5-3-2-4-6-7/h2-6,13H,1H3. The van der Waals surface area contributed by atoms with E-state index in [0.717, 1.165) is 10.0 Å². The number of halogens is 1. The third-order valence-electron chi connectivity index (χ3n) is 2.00. The number of thiazole rings is 1. The van der Waals surface area contributed by atoms with E-state index in [2.05, 4.69) is 10.3 Å². The highest BCUT2D eigenvalue weighted by atomic mass is 35.5. The number of hydrogen-bond acceptors (Lipinski definition) is 5. The van der Waals surface area contributed by atoms with Gasteiger partial charge < -0.3 is 5.32 Å². The lowest BCUT2D eigenvalue weighted by Gasteiger charge is -2.03. The summed E-state index contributed by atoms with van der Waals surface area (Å²) in [5.41, 5.74) is 1.19. The summed E-state index contributed by atoms with van der Waals surface area (Å²) in [4.78, 5) is 15.4. The van der Waals surface area contributed by atoms with Gasteiger partial charge in [-0.15, -0.1) is 0 Å². The van der Waals surface area contributed by atoms with Crippen molar-refractivity contribution in [2.45, 2.75) is 4.34 Å². The molecule has 0 fully saturated rings. The van der Waals surface area contributed by atoms with Crippen molar-refractivity contribution in [1.29, 1.82) is 0 Å². The molecule has 0 unspecified atom stereocenters. The van der Waals surface area contributed by atoms with Crippen LogP contribution in [0.5, 0.6) is 0 Å². The monoisotopic (exact) mass is 284 g/mol. The average molecular weight is 285 g/mol. The van der Waals surface area contributed by atoms with Gasteiger partial charge in [-0.05, 0) is 30.0 Å². The third-order valence-corrected chi connectivity index (χ3v) is 4.13. The lowest BCUT2D eigenvalue weighted by Crippen LogP contribution is -1.96. The predicted octanol–water partition coefficient (Wildman–Crippen LogP) is 3.99. The Morgan fingerprint density at radius 3 is 2.71 bits per heavy atom. The lowest BCUT2D eigenvalue weighted by molar-refractivity contribution is 0.107. The molecule has 0 spiro atoms. The second kappa shape index (κ2) is 5.53. The molecule has 0 aliphatic heterocycles. The first-order chi connectivity index (χ1) is 8.20. The summed E-state index contributed by atoms with van der Waals surface area (Å²) in [6.07, 6.45) is 1.91. The van der Waals surface area contributed by atoms with Crippen LogP contribution in [-0.4, -0.2) is 16.5 Å². The molecule has 1 aromatic heterocycles. The predicted molar refractivity (Wildman–Crippen MR) is 73.8 cm³/mol. The average Bonchev–Trinajstić information content (AvgIpc) is 2.74. The lowest BCUT2D eigenvalue weighted by atomic mass is 10.3. The molecule has 1 heterocycles. The minimum atomic E-state index is -0.542. The Kier molecular flexibility index (Phi) is 4.04. The van der Waals surface area contributed by atoms with Crippen molar-refractivity contribution >= 4 is 50.6 Å². The zero-order valence-corrected chi connectivity index (χ0v) is 11.3. The Labute approximate surface area is 112 Å². The summed E-state index contributed by atoms with van der Waals surface area (Å²) >= 11 is 8.41. The number of para-hydroxylation sites is 1. The van der Waals surface area contributed by atoms with Gasteiger partial charge in [0.15, 0.2) is 10.0 Å². The fourth-order valence-corrected chi connectivity index (χ4v) is 2.93. The Bertz CT molecular complexity index is 528. The Balaban J connectivity index is 2.31. The molecule has 0 amide bonds. The number of thioether (sulfide) groups is 1. The molecule has 0 aliphatic carbocycles. The normalized spacial score (nSPS) is 10.2. The zero-order valence-electron chi connectivity index (χ0n) is 8.94. The minimum absolute atomic E-state index is 0.282. The second-order valence-corrected chi connectivity index (χ2v) is 5.52. The highest BCUT2D eigenvalue weighted by Gasteiger charge is 2.16. The summed E-state index contributed by atoms with van der Waals surface area (Å²) in [6, 6.07) is 9.60. The van der Waals surface area contributed by atoms with Crippen LogP contribution >= 0.6 is 34.7 Å². The smallest absolute Gasteiger partial charge is 0.273 e. The quantitative estimate of drug-likeness (QED) is 0.681. The van der Waals surface area contributed by atoms with Crippen LogP contribution in [-0.2, 0) is 0 Å². The number of nitrogens with zero attached hydrogens (tertiary/aromatic N) is 1. The van der Waals surface area contributed by atoms with Gasteiger partial charge in [-0.25, -0.2) is 4.98 Å². The fraction of sp³-hybridized carbons (Fsp3) is 0.0909. The van der Waals surface area contributed by atoms with Crippen LogP contribution in [0, 0.1) is 0 Å². The Morgan fingerprint density at radius 2 is 2.12 bits per heavy atom. The summed E-state index contributed by atoms with van der Waals surface area (Å²) in [7, 11) is 0. The molecule has 0 aliphatic rings. The number of anilines is 2. The number of carbonyl (C=O) groups excluding carboxylic acids is 1. The number of carbonyl (C=O) groups is 1. The van der Waals surface area contributed by atoms with E-state index in [1.54, 1.807) is 0 Å². The molecule has 2 rings (SSSR count). The maximum absolute atomic E-state index is 11.2. The van der Waals surface area contributed by atoms with Crippen LogP contribution in [0.2, 0.25) is 0 Å². The molecule has 0 radical (unpaired) electrons. The maximum Gasteiger partial charge on any atom is 0.273 e. The van der Waals surface area contributed by atoms with Gasteiger partial charge in [0.2, 0.25) is 0 Å². The number of benzene rings is 1. The molecule has 3 nitrogen and oxygen atoms in total. The molecular weight excluding hydrogens is 276 g/mol. The van der Waals surface area contributed by atoms with Crippen LogP contribution in [0.15, 0.2) is 34.7 Å². The molecule has 0 atom stereocenters. The first kappa shape index (κ1) is 12.4. The van der Waals surface area contributed by atoms with Gasteiger partial charge in [-0.2, -0.15) is 0 Å². The van der Waals surface area contributed by atoms with Gasteiger partial charge in [-0.1, -0.05) is 41.3 Å². The highest BCUT2D eigenvalue weighted by molar-refractivity contribution is 8.00. The SMILES string of the molecule is CSc1nc(C(=O)Cl)c(Nc2ccccc2)s1. The molecule has 1 aromatic carbocycles. The summed E-state index contributed by atoms with van der Waals surface area (Å²) in [6.45, 7) is 0. The van der Waals surface area contributed by atoms with Crippen LogP contribution in [0.4, 0.5) is 10.7 Å². The number of rotatable bonds is 4. The molecule has 0 saturated heterocycles. The third kappa shape index (κ3) is 3.00. The molecule has 6 heteroatoms. The summed E-state index contributed by atoms with van der Waals surface area (Å²) in [5.74, 6) is 0. The zero-order chi connectivity index (χ0) is 12.3. The van der Waals surface area contributed by atoms with Crippen molar-refractivity contribution in [1.82, 2.24) is 4.98 Å². The Morgan fingerprint density at radius 1 is 1.41 bits per heavy atom. The summed E-state index contributed by atoms with van der Waals surface area (Å²) in [5, 5.41) is 3.29. The van der Waals surface area contributed by atoms with E-state index in [4.69, 9.17) is 11.6 Å². The van der Waals surface area contributed by atoms with Gasteiger partial charge >= 0.3 is 0 Å². The van der Waals surface area contributed by atoms with Crippen molar-refractivity contribution < 1.29 is 4.79 Å². The van der Waals surface area contributed by atoms with Crippen LogP contribution in [0.3, 0.4) is 0 Å². The van der Waals surface area contributed by atoms with Crippen LogP contribution in [0.1, 0.15) is 10.5 Å². The maximum atomic E-state index is 11.2. The number of hydrogen-bond donors (Lipinski definition) is 1. The summed E-state index contributed by atoms with van der Waals surface area (Å²) < 4.78 is 0.812. The molecule has 0 bridgehead atoms. The largest absolute Gasteiger partial charge is 0.345 e. The van der Waals surface area contributed by atoms with Gasteiger partial charge in [0.05, 0.1) is 0 Å². The molecule has 1 N–H and O–H groups in total. The Hall–Kier alpha value is -1.04. The van der Waals surface area contributed by atoms with E-state index in [0.29, 0.717) is 5.00 Å². The van der Waals surface area contributed by atoms with Crippen LogP contribution in [0.25, 0.3) is 0 Å². The first-order valence-electron chi connectivity index (χ1n) is 4.77. The van der Waals surface area contributed by atoms with Crippen molar-refractivity contribution in [2.75, 3.05) is 11.6 Å². The van der Waals surface area contributed by atoms with E-state index in [9.17, 15) is 4.79 Å². The number of aromatic nitrogens is 1. The van der Waals surface area contributed by atoms with Gasteiger partial charge in [0.25, 0.3) is 5.24 Å². The number of nitrogens with one attached hydrogen (secondary N) is 1. The highest BCUT2D eigenvalue weighted by Crippen LogP contribution is 2.33. The van der Waals surface area contributed by atoms with Gasteiger partial charge in [0.1, 0.15) is 5.00 Å². The molecule has 17 heavy (non-hydrogen) atoms. The van der Waals surface area contributed by atoms with E-state index >= 15 is 0 Å². The van der Waals surface area contributed by atoms with E-state index < -0.39 is 5.24 Å². The molecule has 0 saturated carbocycles. The minimum Gasteiger partial charge on any atom is -0.345 e. The van der Waals surface area contributed by atoms with Crippen molar-refractivity contribution in [3.05, 3.63) is 36.0 Å². The molecule has 88 valence electrons.